The first-order chi connectivity index (χ1) is 26.5. The number of H-pyrrole nitrogens is 2. The SMILES string of the molecule is O=C(CSc1nc2ccc([N+](=O)[O-])cc2[nH]1)NNc1c(F)c(F)c(-c2c(F)c(F)c(NNC(=O)CSc3nc4ccc([N+](=O)[O-])cc4[nH]3)c(F)c2F)c(F)c1F. The molecule has 0 radical (unpaired) electrons. The number of rotatable bonds is 13. The van der Waals surface area contributed by atoms with E-state index in [0.717, 1.165) is 0 Å². The van der Waals surface area contributed by atoms with Gasteiger partial charge in [-0.1, -0.05) is 23.5 Å². The van der Waals surface area contributed by atoms with Crippen LogP contribution in [0.4, 0.5) is 57.9 Å². The second-order valence-corrected chi connectivity index (χ2v) is 12.9. The lowest BCUT2D eigenvalue weighted by Gasteiger charge is -2.17. The van der Waals surface area contributed by atoms with Gasteiger partial charge in [0.05, 0.1) is 54.5 Å². The molecular formula is C30H16F8N10O6S2. The molecule has 0 aliphatic carbocycles. The molecule has 16 nitrogen and oxygen atoms in total. The standard InChI is InChI=1S/C30H16F8N10O6S2/c31-19-17(20(32)24(36)27(23(19)35)45-43-15(49)7-55-29-39-11-3-1-9(47(51)52)5-13(11)41-29)18-21(33)25(37)28(26(38)22(18)34)46-44-16(50)8-56-30-40-12-4-2-10(48(53)54)6-14(12)42-30/h1-6,45-46H,7-8H2,(H,39,41)(H,40,42)(H,43,49)(H,44,50). The Hall–Kier alpha value is -6.70. The number of nitro benzene ring substituents is 2. The van der Waals surface area contributed by atoms with Gasteiger partial charge >= 0.3 is 0 Å². The van der Waals surface area contributed by atoms with Gasteiger partial charge in [-0.15, -0.1) is 0 Å². The van der Waals surface area contributed by atoms with Crippen LogP contribution in [0, 0.1) is 66.8 Å². The number of hydrogen-bond acceptors (Lipinski definition) is 12. The van der Waals surface area contributed by atoms with Crippen LogP contribution >= 0.6 is 23.5 Å². The van der Waals surface area contributed by atoms with Crippen LogP contribution in [0.1, 0.15) is 0 Å². The molecular weight excluding hydrogens is 813 g/mol. The fourth-order valence-corrected chi connectivity index (χ4v) is 6.21. The summed E-state index contributed by atoms with van der Waals surface area (Å²) in [4.78, 5) is 58.7. The smallest absolute Gasteiger partial charge is 0.271 e. The zero-order chi connectivity index (χ0) is 40.6. The molecule has 0 fully saturated rings. The van der Waals surface area contributed by atoms with E-state index < -0.39 is 102 Å². The number of nitrogens with zero attached hydrogens (tertiary/aromatic N) is 4. The lowest BCUT2D eigenvalue weighted by molar-refractivity contribution is -0.384. The molecule has 0 spiro atoms. The number of aromatic amines is 2. The number of benzene rings is 4. The van der Waals surface area contributed by atoms with Crippen LogP contribution in [0.5, 0.6) is 0 Å². The molecule has 4 aromatic carbocycles. The van der Waals surface area contributed by atoms with Crippen molar-refractivity contribution in [1.29, 1.82) is 0 Å². The highest BCUT2D eigenvalue weighted by Gasteiger charge is 2.34. The van der Waals surface area contributed by atoms with Crippen LogP contribution in [0.3, 0.4) is 0 Å². The number of halogens is 8. The third-order valence-corrected chi connectivity index (χ3v) is 9.17. The molecule has 290 valence electrons. The molecule has 0 saturated carbocycles. The van der Waals surface area contributed by atoms with Crippen molar-refractivity contribution in [2.75, 3.05) is 22.4 Å². The molecule has 0 bridgehead atoms. The number of hydrazine groups is 2. The molecule has 6 rings (SSSR count). The molecule has 6 N–H and O–H groups in total. The Morgan fingerprint density at radius 3 is 1.25 bits per heavy atom. The number of non-ortho nitro benzene ring substituents is 2. The summed E-state index contributed by atoms with van der Waals surface area (Å²) in [5.41, 5.74) is -0.624. The lowest BCUT2D eigenvalue weighted by atomic mass is 10.00. The highest BCUT2D eigenvalue weighted by atomic mass is 32.2. The maximum atomic E-state index is 15.1. The molecule has 0 atom stereocenters. The second-order valence-electron chi connectivity index (χ2n) is 10.9. The number of aromatic nitrogens is 4. The van der Waals surface area contributed by atoms with Crippen molar-refractivity contribution < 1.29 is 54.6 Å². The Labute approximate surface area is 312 Å². The second kappa shape index (κ2) is 15.6. The maximum absolute atomic E-state index is 15.1. The van der Waals surface area contributed by atoms with Crippen LogP contribution in [0.2, 0.25) is 0 Å². The summed E-state index contributed by atoms with van der Waals surface area (Å²) in [5, 5.41) is 22.1. The summed E-state index contributed by atoms with van der Waals surface area (Å²) in [7, 11) is 0. The monoisotopic (exact) mass is 828 g/mol. The Morgan fingerprint density at radius 1 is 0.589 bits per heavy atom. The van der Waals surface area contributed by atoms with Gasteiger partial charge in [-0.05, 0) is 12.1 Å². The number of nitro groups is 2. The topological polar surface area (TPSA) is 226 Å². The van der Waals surface area contributed by atoms with Gasteiger partial charge in [0.25, 0.3) is 11.4 Å². The highest BCUT2D eigenvalue weighted by molar-refractivity contribution is 8.00. The first-order valence-electron chi connectivity index (χ1n) is 14.9. The zero-order valence-corrected chi connectivity index (χ0v) is 28.6. The first kappa shape index (κ1) is 39.0. The van der Waals surface area contributed by atoms with Gasteiger partial charge in [0.15, 0.2) is 56.9 Å². The predicted octanol–water partition coefficient (Wildman–Crippen LogP) is 6.51. The molecule has 6 aromatic rings. The van der Waals surface area contributed by atoms with E-state index in [1.54, 1.807) is 21.7 Å². The van der Waals surface area contributed by atoms with Gasteiger partial charge in [0, 0.05) is 24.3 Å². The number of hydrogen-bond donors (Lipinski definition) is 6. The zero-order valence-electron chi connectivity index (χ0n) is 27.0. The Kier molecular flexibility index (Phi) is 10.8. The molecule has 0 aliphatic rings. The van der Waals surface area contributed by atoms with Gasteiger partial charge in [0.2, 0.25) is 11.8 Å². The van der Waals surface area contributed by atoms with Crippen molar-refractivity contribution >= 4 is 80.2 Å². The highest BCUT2D eigenvalue weighted by Crippen LogP contribution is 2.40. The van der Waals surface area contributed by atoms with E-state index in [4.69, 9.17) is 0 Å². The number of carbonyl (C=O) groups excluding carboxylic acids is 2. The van der Waals surface area contributed by atoms with Gasteiger partial charge in [-0.3, -0.25) is 51.5 Å². The minimum Gasteiger partial charge on any atom is -0.333 e. The summed E-state index contributed by atoms with van der Waals surface area (Å²) >= 11 is 1.41. The van der Waals surface area contributed by atoms with Gasteiger partial charge in [-0.2, -0.15) is 0 Å². The third-order valence-electron chi connectivity index (χ3n) is 7.42. The Morgan fingerprint density at radius 2 is 0.929 bits per heavy atom. The molecule has 2 amide bonds. The van der Waals surface area contributed by atoms with Crippen molar-refractivity contribution in [1.82, 2.24) is 30.8 Å². The number of anilines is 2. The van der Waals surface area contributed by atoms with Gasteiger partial charge < -0.3 is 9.97 Å². The normalized spacial score (nSPS) is 11.2. The number of fused-ring (bicyclic) bond motifs is 2. The average Bonchev–Trinajstić information content (AvgIpc) is 3.78. The largest absolute Gasteiger partial charge is 0.333 e. The molecule has 26 heteroatoms. The van der Waals surface area contributed by atoms with E-state index >= 15 is 17.6 Å². The van der Waals surface area contributed by atoms with Crippen LogP contribution in [0.25, 0.3) is 33.2 Å². The number of amides is 2. The summed E-state index contributed by atoms with van der Waals surface area (Å²) < 4.78 is 120. The van der Waals surface area contributed by atoms with Crippen molar-refractivity contribution in [3.8, 4) is 11.1 Å². The minimum absolute atomic E-state index is 0.0810. The minimum atomic E-state index is -2.53. The summed E-state index contributed by atoms with van der Waals surface area (Å²) in [6, 6.07) is 7.37. The quantitative estimate of drug-likeness (QED) is 0.0241. The Balaban J connectivity index is 1.12. The van der Waals surface area contributed by atoms with Crippen molar-refractivity contribution in [2.45, 2.75) is 10.3 Å². The van der Waals surface area contributed by atoms with Crippen LogP contribution < -0.4 is 21.7 Å². The van der Waals surface area contributed by atoms with E-state index in [1.807, 2.05) is 0 Å². The van der Waals surface area contributed by atoms with Gasteiger partial charge in [-0.25, -0.2) is 45.1 Å². The number of imidazole rings is 2. The lowest BCUT2D eigenvalue weighted by Crippen LogP contribution is -2.32. The van der Waals surface area contributed by atoms with E-state index in [9.17, 15) is 47.4 Å². The van der Waals surface area contributed by atoms with Crippen LogP contribution in [-0.4, -0.2) is 53.1 Å². The summed E-state index contributed by atoms with van der Waals surface area (Å²) in [5.74, 6) is -22.9. The number of carbonyl (C=O) groups is 2. The molecule has 56 heavy (non-hydrogen) atoms. The average molecular weight is 829 g/mol. The Bertz CT molecular complexity index is 2390. The van der Waals surface area contributed by atoms with E-state index in [1.165, 1.54) is 36.4 Å². The predicted molar refractivity (Wildman–Crippen MR) is 182 cm³/mol. The van der Waals surface area contributed by atoms with Crippen molar-refractivity contribution in [2.24, 2.45) is 0 Å². The first-order valence-corrected chi connectivity index (χ1v) is 16.9. The van der Waals surface area contributed by atoms with Crippen molar-refractivity contribution in [3.05, 3.63) is 103 Å². The fraction of sp³-hybridized carbons (Fsp3) is 0.0667. The third kappa shape index (κ3) is 7.63. The van der Waals surface area contributed by atoms with Crippen LogP contribution in [0.15, 0.2) is 46.7 Å². The van der Waals surface area contributed by atoms with Crippen molar-refractivity contribution in [3.63, 3.8) is 0 Å². The molecule has 0 unspecified atom stereocenters. The van der Waals surface area contributed by atoms with Crippen LogP contribution in [-0.2, 0) is 9.59 Å². The summed E-state index contributed by atoms with van der Waals surface area (Å²) in [6.45, 7) is 0. The maximum Gasteiger partial charge on any atom is 0.271 e. The summed E-state index contributed by atoms with van der Waals surface area (Å²) in [6.07, 6.45) is 0. The molecule has 2 heterocycles. The fourth-order valence-electron chi connectivity index (χ4n) is 4.84. The van der Waals surface area contributed by atoms with E-state index in [-0.39, 0.29) is 32.7 Å². The number of thioether (sulfide) groups is 2. The van der Waals surface area contributed by atoms with E-state index in [0.29, 0.717) is 34.6 Å². The van der Waals surface area contributed by atoms with E-state index in [2.05, 4.69) is 19.9 Å². The number of nitrogens with one attached hydrogen (secondary N) is 6. The molecule has 0 saturated heterocycles. The molecule has 2 aromatic heterocycles. The molecule has 0 aliphatic heterocycles. The van der Waals surface area contributed by atoms with Gasteiger partial charge in [0.1, 0.15) is 11.4 Å².